The lowest BCUT2D eigenvalue weighted by molar-refractivity contribution is 0.0894. The minimum atomic E-state index is -0.781. The molecule has 0 radical (unpaired) electrons. The smallest absolute Gasteiger partial charge is 0.163 e. The van der Waals surface area contributed by atoms with Crippen LogP contribution in [-0.4, -0.2) is 27.8 Å². The Kier molecular flexibility index (Phi) is 2.83. The van der Waals surface area contributed by atoms with Crippen LogP contribution in [0.3, 0.4) is 0 Å². The molecule has 1 aliphatic rings. The molecule has 0 unspecified atom stereocenters. The van der Waals surface area contributed by atoms with Crippen LogP contribution in [-0.2, 0) is 6.54 Å². The van der Waals surface area contributed by atoms with Crippen LogP contribution in [0.1, 0.15) is 11.6 Å². The third-order valence-electron chi connectivity index (χ3n) is 3.26. The Balaban J connectivity index is 1.61. The lowest BCUT2D eigenvalue weighted by atomic mass is 10.1. The number of aromatic nitrogens is 2. The predicted molar refractivity (Wildman–Crippen MR) is 62.9 cm³/mol. The first-order chi connectivity index (χ1) is 8.74. The second-order valence-electron chi connectivity index (χ2n) is 4.55. The van der Waals surface area contributed by atoms with Crippen molar-refractivity contribution in [3.63, 3.8) is 0 Å². The standard InChI is InChI=1S/C13H13F2N3/c14-12-4-1-3-10(13(12)15)7-17-8-11(9-17)18-6-2-5-16-18/h1-6,11H,7-9H2. The van der Waals surface area contributed by atoms with Gasteiger partial charge in [0, 0.05) is 37.6 Å². The SMILES string of the molecule is Fc1cccc(CN2CC(n3cccn3)C2)c1F. The number of rotatable bonds is 3. The predicted octanol–water partition coefficient (Wildman–Crippen LogP) is 2.22. The topological polar surface area (TPSA) is 21.1 Å². The zero-order valence-corrected chi connectivity index (χ0v) is 9.76. The normalized spacial score (nSPS) is 16.8. The van der Waals surface area contributed by atoms with Gasteiger partial charge in [0.05, 0.1) is 6.04 Å². The summed E-state index contributed by atoms with van der Waals surface area (Å²) >= 11 is 0. The molecule has 0 bridgehead atoms. The van der Waals surface area contributed by atoms with Gasteiger partial charge >= 0.3 is 0 Å². The summed E-state index contributed by atoms with van der Waals surface area (Å²) in [5, 5.41) is 4.17. The van der Waals surface area contributed by atoms with E-state index < -0.39 is 11.6 Å². The Morgan fingerprint density at radius 3 is 2.78 bits per heavy atom. The van der Waals surface area contributed by atoms with E-state index in [0.29, 0.717) is 18.2 Å². The molecule has 94 valence electrons. The van der Waals surface area contributed by atoms with Crippen molar-refractivity contribution >= 4 is 0 Å². The molecule has 5 heteroatoms. The Morgan fingerprint density at radius 1 is 1.22 bits per heavy atom. The van der Waals surface area contributed by atoms with Crippen LogP contribution in [0, 0.1) is 11.6 Å². The molecule has 0 atom stereocenters. The van der Waals surface area contributed by atoms with Crippen LogP contribution >= 0.6 is 0 Å². The number of halogens is 2. The summed E-state index contributed by atoms with van der Waals surface area (Å²) in [6, 6.07) is 6.53. The van der Waals surface area contributed by atoms with Gasteiger partial charge in [0.2, 0.25) is 0 Å². The van der Waals surface area contributed by atoms with Gasteiger partial charge in [0.15, 0.2) is 11.6 Å². The Hall–Kier alpha value is -1.75. The van der Waals surface area contributed by atoms with E-state index in [1.165, 1.54) is 0 Å². The average Bonchev–Trinajstić information content (AvgIpc) is 2.81. The molecule has 3 rings (SSSR count). The largest absolute Gasteiger partial charge is 0.295 e. The number of hydrogen-bond acceptors (Lipinski definition) is 2. The summed E-state index contributed by atoms with van der Waals surface area (Å²) in [4.78, 5) is 2.07. The van der Waals surface area contributed by atoms with Crippen LogP contribution in [0.15, 0.2) is 36.7 Å². The molecule has 1 aliphatic heterocycles. The zero-order valence-electron chi connectivity index (χ0n) is 9.76. The van der Waals surface area contributed by atoms with E-state index in [1.807, 2.05) is 16.9 Å². The van der Waals surface area contributed by atoms with Gasteiger partial charge in [0.25, 0.3) is 0 Å². The fourth-order valence-corrected chi connectivity index (χ4v) is 2.25. The van der Waals surface area contributed by atoms with E-state index in [-0.39, 0.29) is 0 Å². The molecule has 1 aromatic heterocycles. The number of hydrogen-bond donors (Lipinski definition) is 0. The highest BCUT2D eigenvalue weighted by Crippen LogP contribution is 2.23. The van der Waals surface area contributed by atoms with Crippen molar-refractivity contribution < 1.29 is 8.78 Å². The molecule has 18 heavy (non-hydrogen) atoms. The molecular weight excluding hydrogens is 236 g/mol. The first-order valence-corrected chi connectivity index (χ1v) is 5.88. The molecule has 0 N–H and O–H groups in total. The number of benzene rings is 1. The van der Waals surface area contributed by atoms with Crippen LogP contribution in [0.5, 0.6) is 0 Å². The van der Waals surface area contributed by atoms with E-state index in [2.05, 4.69) is 10.00 Å². The third kappa shape index (κ3) is 2.01. The van der Waals surface area contributed by atoms with E-state index in [9.17, 15) is 8.78 Å². The Morgan fingerprint density at radius 2 is 2.06 bits per heavy atom. The molecule has 2 aromatic rings. The molecule has 1 aromatic carbocycles. The quantitative estimate of drug-likeness (QED) is 0.831. The van der Waals surface area contributed by atoms with Crippen molar-refractivity contribution in [1.82, 2.24) is 14.7 Å². The van der Waals surface area contributed by atoms with Crippen molar-refractivity contribution in [2.24, 2.45) is 0 Å². The van der Waals surface area contributed by atoms with Gasteiger partial charge in [-0.25, -0.2) is 8.78 Å². The highest BCUT2D eigenvalue weighted by Gasteiger charge is 2.28. The van der Waals surface area contributed by atoms with Crippen molar-refractivity contribution in [2.45, 2.75) is 12.6 Å². The number of nitrogens with zero attached hydrogens (tertiary/aromatic N) is 3. The molecule has 2 heterocycles. The number of likely N-dealkylation sites (tertiary alicyclic amines) is 1. The molecule has 1 saturated heterocycles. The van der Waals surface area contributed by atoms with Gasteiger partial charge < -0.3 is 0 Å². The minimum absolute atomic E-state index is 0.344. The Labute approximate surface area is 104 Å². The maximum Gasteiger partial charge on any atom is 0.163 e. The molecule has 0 spiro atoms. The van der Waals surface area contributed by atoms with E-state index in [4.69, 9.17) is 0 Å². The molecule has 3 nitrogen and oxygen atoms in total. The van der Waals surface area contributed by atoms with Crippen molar-refractivity contribution in [3.8, 4) is 0 Å². The highest BCUT2D eigenvalue weighted by atomic mass is 19.2. The summed E-state index contributed by atoms with van der Waals surface area (Å²) in [6.07, 6.45) is 3.67. The van der Waals surface area contributed by atoms with Gasteiger partial charge in [-0.15, -0.1) is 0 Å². The lowest BCUT2D eigenvalue weighted by Crippen LogP contribution is -2.47. The van der Waals surface area contributed by atoms with Gasteiger partial charge in [0.1, 0.15) is 0 Å². The summed E-state index contributed by atoms with van der Waals surface area (Å²) in [6.45, 7) is 2.08. The fraction of sp³-hybridized carbons (Fsp3) is 0.308. The van der Waals surface area contributed by atoms with Crippen LogP contribution in [0.25, 0.3) is 0 Å². The molecular formula is C13H13F2N3. The molecule has 1 fully saturated rings. The lowest BCUT2D eigenvalue weighted by Gasteiger charge is -2.39. The van der Waals surface area contributed by atoms with Gasteiger partial charge in [-0.1, -0.05) is 12.1 Å². The van der Waals surface area contributed by atoms with Crippen LogP contribution in [0.2, 0.25) is 0 Å². The monoisotopic (exact) mass is 249 g/mol. The first-order valence-electron chi connectivity index (χ1n) is 5.88. The minimum Gasteiger partial charge on any atom is -0.295 e. The summed E-state index contributed by atoms with van der Waals surface area (Å²) in [7, 11) is 0. The van der Waals surface area contributed by atoms with E-state index >= 15 is 0 Å². The first kappa shape index (κ1) is 11.3. The van der Waals surface area contributed by atoms with E-state index in [0.717, 1.165) is 19.2 Å². The summed E-state index contributed by atoms with van der Waals surface area (Å²) < 4.78 is 28.4. The summed E-state index contributed by atoms with van der Waals surface area (Å²) in [5.41, 5.74) is 0.411. The zero-order chi connectivity index (χ0) is 12.5. The maximum atomic E-state index is 13.5. The van der Waals surface area contributed by atoms with Gasteiger partial charge in [-0.05, 0) is 12.1 Å². The second kappa shape index (κ2) is 4.49. The van der Waals surface area contributed by atoms with Crippen molar-refractivity contribution in [1.29, 1.82) is 0 Å². The van der Waals surface area contributed by atoms with Crippen LogP contribution in [0.4, 0.5) is 8.78 Å². The third-order valence-corrected chi connectivity index (χ3v) is 3.26. The summed E-state index contributed by atoms with van der Waals surface area (Å²) in [5.74, 6) is -1.52. The molecule has 0 amide bonds. The maximum absolute atomic E-state index is 13.5. The van der Waals surface area contributed by atoms with Crippen molar-refractivity contribution in [3.05, 3.63) is 53.9 Å². The van der Waals surface area contributed by atoms with Gasteiger partial charge in [-0.2, -0.15) is 5.10 Å². The highest BCUT2D eigenvalue weighted by molar-refractivity contribution is 5.19. The molecule has 0 aliphatic carbocycles. The van der Waals surface area contributed by atoms with Crippen LogP contribution < -0.4 is 0 Å². The fourth-order valence-electron chi connectivity index (χ4n) is 2.25. The second-order valence-corrected chi connectivity index (χ2v) is 4.55. The molecule has 0 saturated carbocycles. The average molecular weight is 249 g/mol. The van der Waals surface area contributed by atoms with Crippen molar-refractivity contribution in [2.75, 3.05) is 13.1 Å². The van der Waals surface area contributed by atoms with E-state index in [1.54, 1.807) is 18.3 Å². The Bertz CT molecular complexity index is 533. The van der Waals surface area contributed by atoms with Gasteiger partial charge in [-0.3, -0.25) is 9.58 Å².